The molecule has 0 fully saturated rings. The van der Waals surface area contributed by atoms with Crippen LogP contribution in [0.15, 0.2) is 291 Å². The van der Waals surface area contributed by atoms with E-state index in [1.807, 2.05) is 0 Å². The van der Waals surface area contributed by atoms with Crippen LogP contribution < -0.4 is 4.90 Å². The fraction of sp³-hybridized carbons (Fsp3) is 0.0141. The first-order chi connectivity index (χ1) is 36.2. The number of hydrogen-bond acceptors (Lipinski definition) is 1. The minimum atomic E-state index is -0.498. The summed E-state index contributed by atoms with van der Waals surface area (Å²) in [5.41, 5.74) is 21.1. The van der Waals surface area contributed by atoms with Crippen LogP contribution in [0.5, 0.6) is 0 Å². The van der Waals surface area contributed by atoms with Gasteiger partial charge in [0, 0.05) is 33.5 Å². The van der Waals surface area contributed by atoms with E-state index in [1.165, 1.54) is 93.8 Å². The van der Waals surface area contributed by atoms with E-state index in [2.05, 4.69) is 301 Å². The summed E-state index contributed by atoms with van der Waals surface area (Å²) >= 11 is 0. The second-order valence-corrected chi connectivity index (χ2v) is 19.2. The zero-order valence-electron chi connectivity index (χ0n) is 40.1. The van der Waals surface area contributed by atoms with Crippen molar-refractivity contribution in [3.63, 3.8) is 0 Å². The van der Waals surface area contributed by atoms with E-state index in [4.69, 9.17) is 0 Å². The maximum atomic E-state index is 2.49. The summed E-state index contributed by atoms with van der Waals surface area (Å²) in [5, 5.41) is 4.94. The number of benzene rings is 12. The third-order valence-electron chi connectivity index (χ3n) is 15.3. The molecule has 0 atom stereocenters. The largest absolute Gasteiger partial charge is 0.311 e. The van der Waals surface area contributed by atoms with Gasteiger partial charge in [0.15, 0.2) is 0 Å². The molecule has 0 amide bonds. The molecule has 14 rings (SSSR count). The van der Waals surface area contributed by atoms with Crippen LogP contribution in [0.25, 0.3) is 82.8 Å². The first-order valence-electron chi connectivity index (χ1n) is 25.2. The molecule has 2 nitrogen and oxygen atoms in total. The standard InChI is InChI=1S/C71H48N2/c1-4-16-49(17-5-1)51-30-38-60(39-31-51)72(61-40-32-52(33-41-61)55-29-28-50-18-10-11-19-54(50)46-55)62-42-34-53(35-43-62)56-36-44-69-65(47-56)66-48-58(37-45-70(66)73(69)59-22-8-3-9-23-59)71(57-20-6-2-7-21-57)67-26-14-12-24-63(67)64-25-13-15-27-68(64)71/h1-48H. The van der Waals surface area contributed by atoms with Crippen molar-refractivity contribution in [2.24, 2.45) is 0 Å². The van der Waals surface area contributed by atoms with Gasteiger partial charge >= 0.3 is 0 Å². The zero-order valence-corrected chi connectivity index (χ0v) is 40.1. The van der Waals surface area contributed by atoms with E-state index in [1.54, 1.807) is 0 Å². The van der Waals surface area contributed by atoms with E-state index >= 15 is 0 Å². The molecular weight excluding hydrogens is 881 g/mol. The molecule has 0 radical (unpaired) electrons. The Hall–Kier alpha value is -9.50. The van der Waals surface area contributed by atoms with E-state index < -0.39 is 5.41 Å². The van der Waals surface area contributed by atoms with Crippen molar-refractivity contribution in [3.05, 3.63) is 313 Å². The summed E-state index contributed by atoms with van der Waals surface area (Å²) in [6.07, 6.45) is 0. The Balaban J connectivity index is 0.893. The minimum absolute atomic E-state index is 0.498. The summed E-state index contributed by atoms with van der Waals surface area (Å²) in [5.74, 6) is 0. The minimum Gasteiger partial charge on any atom is -0.311 e. The van der Waals surface area contributed by atoms with Crippen molar-refractivity contribution in [3.8, 4) is 50.2 Å². The van der Waals surface area contributed by atoms with Crippen molar-refractivity contribution < 1.29 is 0 Å². The average Bonchev–Trinajstić information content (AvgIpc) is 3.96. The average molecular weight is 929 g/mol. The Labute approximate surface area is 426 Å². The third-order valence-corrected chi connectivity index (χ3v) is 15.3. The molecule has 0 unspecified atom stereocenters. The van der Waals surface area contributed by atoms with Crippen molar-refractivity contribution in [2.75, 3.05) is 4.90 Å². The van der Waals surface area contributed by atoms with Crippen LogP contribution in [0.4, 0.5) is 17.1 Å². The second kappa shape index (κ2) is 17.4. The topological polar surface area (TPSA) is 8.17 Å². The lowest BCUT2D eigenvalue weighted by atomic mass is 9.67. The number of para-hydroxylation sites is 1. The Kier molecular flexibility index (Phi) is 10.1. The van der Waals surface area contributed by atoms with Gasteiger partial charge in [0.2, 0.25) is 0 Å². The highest BCUT2D eigenvalue weighted by molar-refractivity contribution is 6.11. The van der Waals surface area contributed by atoms with Crippen LogP contribution in [0, 0.1) is 0 Å². The maximum absolute atomic E-state index is 2.49. The lowest BCUT2D eigenvalue weighted by Gasteiger charge is -2.34. The lowest BCUT2D eigenvalue weighted by molar-refractivity contribution is 0.770. The van der Waals surface area contributed by atoms with Crippen molar-refractivity contribution in [2.45, 2.75) is 5.41 Å². The zero-order chi connectivity index (χ0) is 48.3. The Bertz CT molecular complexity index is 4110. The molecule has 0 saturated carbocycles. The Morgan fingerprint density at radius 3 is 1.30 bits per heavy atom. The van der Waals surface area contributed by atoms with Crippen LogP contribution in [0.2, 0.25) is 0 Å². The molecule has 2 heteroatoms. The highest BCUT2D eigenvalue weighted by atomic mass is 15.1. The number of nitrogens with zero attached hydrogens (tertiary/aromatic N) is 2. The molecule has 0 saturated heterocycles. The molecule has 1 heterocycles. The summed E-state index contributed by atoms with van der Waals surface area (Å²) in [6, 6.07) is 107. The second-order valence-electron chi connectivity index (χ2n) is 19.2. The molecule has 13 aromatic rings. The van der Waals surface area contributed by atoms with Crippen LogP contribution in [-0.4, -0.2) is 4.57 Å². The number of hydrogen-bond donors (Lipinski definition) is 0. The van der Waals surface area contributed by atoms with Gasteiger partial charge in [-0.1, -0.05) is 212 Å². The number of aromatic nitrogens is 1. The molecule has 0 bridgehead atoms. The van der Waals surface area contributed by atoms with E-state index in [-0.39, 0.29) is 0 Å². The molecule has 12 aromatic carbocycles. The van der Waals surface area contributed by atoms with Crippen molar-refractivity contribution in [1.82, 2.24) is 4.57 Å². The molecule has 1 aromatic heterocycles. The fourth-order valence-corrected chi connectivity index (χ4v) is 11.9. The van der Waals surface area contributed by atoms with Gasteiger partial charge in [0.1, 0.15) is 0 Å². The quantitative estimate of drug-likeness (QED) is 0.140. The monoisotopic (exact) mass is 928 g/mol. The summed E-state index contributed by atoms with van der Waals surface area (Å²) < 4.78 is 2.43. The highest BCUT2D eigenvalue weighted by Crippen LogP contribution is 2.56. The third kappa shape index (κ3) is 7.02. The molecule has 0 N–H and O–H groups in total. The van der Waals surface area contributed by atoms with Gasteiger partial charge in [0.05, 0.1) is 16.4 Å². The first kappa shape index (κ1) is 42.4. The van der Waals surface area contributed by atoms with Crippen LogP contribution >= 0.6 is 0 Å². The summed E-state index contributed by atoms with van der Waals surface area (Å²) in [7, 11) is 0. The van der Waals surface area contributed by atoms with Gasteiger partial charge in [-0.2, -0.15) is 0 Å². The van der Waals surface area contributed by atoms with Gasteiger partial charge in [-0.25, -0.2) is 0 Å². The van der Waals surface area contributed by atoms with E-state index in [0.29, 0.717) is 0 Å². The Morgan fingerprint density at radius 2 is 0.699 bits per heavy atom. The summed E-state index contributed by atoms with van der Waals surface area (Å²) in [4.78, 5) is 2.36. The highest BCUT2D eigenvalue weighted by Gasteiger charge is 2.46. The van der Waals surface area contributed by atoms with Gasteiger partial charge in [-0.15, -0.1) is 0 Å². The number of fused-ring (bicyclic) bond motifs is 7. The van der Waals surface area contributed by atoms with Gasteiger partial charge in [-0.3, -0.25) is 0 Å². The van der Waals surface area contributed by atoms with Gasteiger partial charge < -0.3 is 9.47 Å². The fourth-order valence-electron chi connectivity index (χ4n) is 11.9. The predicted octanol–water partition coefficient (Wildman–Crippen LogP) is 18.8. The molecule has 1 aliphatic rings. The van der Waals surface area contributed by atoms with Gasteiger partial charge in [-0.05, 0) is 156 Å². The lowest BCUT2D eigenvalue weighted by Crippen LogP contribution is -2.28. The van der Waals surface area contributed by atoms with Crippen molar-refractivity contribution in [1.29, 1.82) is 0 Å². The molecule has 1 aliphatic carbocycles. The van der Waals surface area contributed by atoms with Crippen LogP contribution in [-0.2, 0) is 5.41 Å². The predicted molar refractivity (Wildman–Crippen MR) is 307 cm³/mol. The molecule has 0 spiro atoms. The van der Waals surface area contributed by atoms with E-state index in [9.17, 15) is 0 Å². The smallest absolute Gasteiger partial charge is 0.0713 e. The molecular formula is C71H48N2. The number of anilines is 3. The normalized spacial score (nSPS) is 12.5. The van der Waals surface area contributed by atoms with Crippen LogP contribution in [0.3, 0.4) is 0 Å². The molecule has 73 heavy (non-hydrogen) atoms. The van der Waals surface area contributed by atoms with Crippen molar-refractivity contribution >= 4 is 49.6 Å². The van der Waals surface area contributed by atoms with Gasteiger partial charge in [0.25, 0.3) is 0 Å². The summed E-state index contributed by atoms with van der Waals surface area (Å²) in [6.45, 7) is 0. The molecule has 342 valence electrons. The Morgan fingerprint density at radius 1 is 0.274 bits per heavy atom. The van der Waals surface area contributed by atoms with Crippen LogP contribution in [0.1, 0.15) is 22.3 Å². The number of rotatable bonds is 9. The van der Waals surface area contributed by atoms with E-state index in [0.717, 1.165) is 28.3 Å². The SMILES string of the molecule is c1ccc(-c2ccc(N(c3ccc(-c4ccc5ccccc5c4)cc3)c3ccc(-c4ccc5c(c4)c4cc(C6(c7ccccc7)c7ccccc7-c7ccccc76)ccc4n5-c4ccccc4)cc3)cc2)cc1. The maximum Gasteiger partial charge on any atom is 0.0713 e. The first-order valence-corrected chi connectivity index (χ1v) is 25.2. The molecule has 0 aliphatic heterocycles.